The Kier molecular flexibility index (Phi) is 3.09. The average Bonchev–Trinajstić information content (AvgIpc) is 2.81. The lowest BCUT2D eigenvalue weighted by Crippen LogP contribution is -2.54. The second-order valence-electron chi connectivity index (χ2n) is 6.09. The molecular formula is C15H21N3O2. The van der Waals surface area contributed by atoms with Gasteiger partial charge in [0.05, 0.1) is 18.4 Å². The molecule has 1 unspecified atom stereocenters. The van der Waals surface area contributed by atoms with E-state index in [0.29, 0.717) is 19.0 Å². The van der Waals surface area contributed by atoms with Crippen molar-refractivity contribution in [1.29, 1.82) is 0 Å². The fourth-order valence-electron chi connectivity index (χ4n) is 3.12. The fraction of sp³-hybridized carbons (Fsp3) is 0.533. The molecule has 0 bridgehead atoms. The van der Waals surface area contributed by atoms with Crippen molar-refractivity contribution in [2.24, 2.45) is 5.73 Å². The molecule has 1 amide bonds. The van der Waals surface area contributed by atoms with Crippen LogP contribution in [-0.2, 0) is 4.79 Å². The molecule has 1 fully saturated rings. The molecule has 2 heterocycles. The summed E-state index contributed by atoms with van der Waals surface area (Å²) in [6.07, 6.45) is 0.406. The maximum absolute atomic E-state index is 11.0. The molecule has 0 spiro atoms. The van der Waals surface area contributed by atoms with Gasteiger partial charge in [-0.1, -0.05) is 12.1 Å². The molecule has 5 heteroatoms. The van der Waals surface area contributed by atoms with Crippen molar-refractivity contribution in [2.45, 2.75) is 31.9 Å². The van der Waals surface area contributed by atoms with Gasteiger partial charge in [0.25, 0.3) is 0 Å². The molecule has 1 atom stereocenters. The molecular weight excluding hydrogens is 254 g/mol. The van der Waals surface area contributed by atoms with Crippen molar-refractivity contribution in [2.75, 3.05) is 24.7 Å². The van der Waals surface area contributed by atoms with E-state index in [1.54, 1.807) is 0 Å². The van der Waals surface area contributed by atoms with E-state index in [9.17, 15) is 4.79 Å². The number of nitrogens with zero attached hydrogens (tertiary/aromatic N) is 2. The maximum atomic E-state index is 11.0. The van der Waals surface area contributed by atoms with Gasteiger partial charge in [-0.25, -0.2) is 0 Å². The van der Waals surface area contributed by atoms with E-state index in [1.807, 2.05) is 18.2 Å². The summed E-state index contributed by atoms with van der Waals surface area (Å²) in [5, 5.41) is 0. The zero-order valence-electron chi connectivity index (χ0n) is 12.0. The van der Waals surface area contributed by atoms with Gasteiger partial charge < -0.3 is 15.4 Å². The smallest absolute Gasteiger partial charge is 0.218 e. The third-order valence-corrected chi connectivity index (χ3v) is 4.18. The van der Waals surface area contributed by atoms with Gasteiger partial charge in [-0.2, -0.15) is 0 Å². The van der Waals surface area contributed by atoms with Crippen molar-refractivity contribution in [3.05, 3.63) is 24.3 Å². The summed E-state index contributed by atoms with van der Waals surface area (Å²) in [4.78, 5) is 15.6. The number of para-hydroxylation sites is 2. The number of ether oxygens (including phenoxy) is 1. The Morgan fingerprint density at radius 2 is 2.20 bits per heavy atom. The molecule has 1 aromatic carbocycles. The van der Waals surface area contributed by atoms with Gasteiger partial charge in [0, 0.05) is 19.5 Å². The first-order chi connectivity index (χ1) is 9.47. The highest BCUT2D eigenvalue weighted by Gasteiger charge is 2.46. The molecule has 0 saturated carbocycles. The van der Waals surface area contributed by atoms with E-state index in [1.165, 1.54) is 0 Å². The normalized spacial score (nSPS) is 23.9. The number of carbonyl (C=O) groups is 1. The standard InChI is InChI=1S/C15H21N3O2/c1-15(2)13-9-17(8-7-14(16)19)10-18(13)11-5-3-4-6-12(11)20-15/h3-6,13H,7-10H2,1-2H3,(H2,16,19). The second-order valence-corrected chi connectivity index (χ2v) is 6.09. The quantitative estimate of drug-likeness (QED) is 0.900. The number of primary amides is 1. The molecule has 2 aliphatic heterocycles. The fourth-order valence-corrected chi connectivity index (χ4v) is 3.12. The highest BCUT2D eigenvalue weighted by molar-refractivity contribution is 5.73. The van der Waals surface area contributed by atoms with Crippen LogP contribution in [0.2, 0.25) is 0 Å². The number of benzene rings is 1. The van der Waals surface area contributed by atoms with Crippen molar-refractivity contribution in [3.63, 3.8) is 0 Å². The Balaban J connectivity index is 1.84. The number of nitrogens with two attached hydrogens (primary N) is 1. The first kappa shape index (κ1) is 13.2. The van der Waals surface area contributed by atoms with Gasteiger partial charge >= 0.3 is 0 Å². The monoisotopic (exact) mass is 275 g/mol. The minimum atomic E-state index is -0.245. The molecule has 2 aliphatic rings. The Morgan fingerprint density at radius 3 is 2.95 bits per heavy atom. The summed E-state index contributed by atoms with van der Waals surface area (Å²) < 4.78 is 6.15. The Morgan fingerprint density at radius 1 is 1.45 bits per heavy atom. The largest absolute Gasteiger partial charge is 0.483 e. The minimum Gasteiger partial charge on any atom is -0.483 e. The molecule has 20 heavy (non-hydrogen) atoms. The predicted molar refractivity (Wildman–Crippen MR) is 77.7 cm³/mol. The van der Waals surface area contributed by atoms with Crippen molar-refractivity contribution < 1.29 is 9.53 Å². The molecule has 1 aromatic rings. The summed E-state index contributed by atoms with van der Waals surface area (Å²) in [6.45, 7) is 6.67. The van der Waals surface area contributed by atoms with Crippen LogP contribution >= 0.6 is 0 Å². The first-order valence-electron chi connectivity index (χ1n) is 7.03. The summed E-state index contributed by atoms with van der Waals surface area (Å²) in [5.74, 6) is 0.691. The van der Waals surface area contributed by atoms with Crippen LogP contribution in [0.4, 0.5) is 5.69 Å². The van der Waals surface area contributed by atoms with Gasteiger partial charge in [0.2, 0.25) is 5.91 Å². The van der Waals surface area contributed by atoms with Gasteiger partial charge in [-0.3, -0.25) is 9.69 Å². The van der Waals surface area contributed by atoms with Crippen molar-refractivity contribution >= 4 is 11.6 Å². The highest BCUT2D eigenvalue weighted by atomic mass is 16.5. The molecule has 1 saturated heterocycles. The molecule has 3 rings (SSSR count). The van der Waals surface area contributed by atoms with E-state index in [-0.39, 0.29) is 11.5 Å². The van der Waals surface area contributed by atoms with Gasteiger partial charge in [0.1, 0.15) is 11.4 Å². The molecule has 0 aromatic heterocycles. The number of rotatable bonds is 3. The zero-order valence-corrected chi connectivity index (χ0v) is 12.0. The van der Waals surface area contributed by atoms with Crippen molar-refractivity contribution in [1.82, 2.24) is 4.90 Å². The zero-order chi connectivity index (χ0) is 14.3. The predicted octanol–water partition coefficient (Wildman–Crippen LogP) is 1.18. The van der Waals surface area contributed by atoms with Crippen LogP contribution in [0.25, 0.3) is 0 Å². The van der Waals surface area contributed by atoms with Crippen LogP contribution in [0.1, 0.15) is 20.3 Å². The number of amides is 1. The highest BCUT2D eigenvalue weighted by Crippen LogP contribution is 2.42. The van der Waals surface area contributed by atoms with E-state index < -0.39 is 0 Å². The number of hydrogen-bond donors (Lipinski definition) is 1. The Labute approximate surface area is 119 Å². The molecule has 0 aliphatic carbocycles. The Hall–Kier alpha value is -1.75. The van der Waals surface area contributed by atoms with Gasteiger partial charge in [0.15, 0.2) is 0 Å². The van der Waals surface area contributed by atoms with E-state index >= 15 is 0 Å². The minimum absolute atomic E-state index is 0.240. The lowest BCUT2D eigenvalue weighted by molar-refractivity contribution is -0.118. The van der Waals surface area contributed by atoms with Crippen LogP contribution in [0, 0.1) is 0 Å². The SMILES string of the molecule is CC1(C)Oc2ccccc2N2CN(CCC(N)=O)CC21. The Bertz CT molecular complexity index is 530. The van der Waals surface area contributed by atoms with E-state index in [0.717, 1.165) is 24.7 Å². The van der Waals surface area contributed by atoms with Crippen LogP contribution in [0.3, 0.4) is 0 Å². The van der Waals surface area contributed by atoms with Crippen LogP contribution < -0.4 is 15.4 Å². The molecule has 0 radical (unpaired) electrons. The summed E-state index contributed by atoms with van der Waals surface area (Å²) in [7, 11) is 0. The lowest BCUT2D eigenvalue weighted by atomic mass is 9.95. The van der Waals surface area contributed by atoms with Crippen molar-refractivity contribution in [3.8, 4) is 5.75 Å². The number of hydrogen-bond acceptors (Lipinski definition) is 4. The summed E-state index contributed by atoms with van der Waals surface area (Å²) in [5.41, 5.74) is 6.14. The van der Waals surface area contributed by atoms with Crippen LogP contribution in [0.5, 0.6) is 5.75 Å². The average molecular weight is 275 g/mol. The number of anilines is 1. The van der Waals surface area contributed by atoms with Crippen LogP contribution in [0.15, 0.2) is 24.3 Å². The van der Waals surface area contributed by atoms with E-state index in [4.69, 9.17) is 10.5 Å². The van der Waals surface area contributed by atoms with E-state index in [2.05, 4.69) is 29.7 Å². The first-order valence-corrected chi connectivity index (χ1v) is 7.03. The van der Waals surface area contributed by atoms with Gasteiger partial charge in [-0.05, 0) is 26.0 Å². The lowest BCUT2D eigenvalue weighted by Gasteiger charge is -2.43. The second kappa shape index (κ2) is 4.66. The van der Waals surface area contributed by atoms with Gasteiger partial charge in [-0.15, -0.1) is 0 Å². The number of carbonyl (C=O) groups excluding carboxylic acids is 1. The summed E-state index contributed by atoms with van der Waals surface area (Å²) in [6, 6.07) is 8.43. The molecule has 5 nitrogen and oxygen atoms in total. The molecule has 108 valence electrons. The number of fused-ring (bicyclic) bond motifs is 3. The summed E-state index contributed by atoms with van der Waals surface area (Å²) >= 11 is 0. The maximum Gasteiger partial charge on any atom is 0.218 e. The third-order valence-electron chi connectivity index (χ3n) is 4.18. The third kappa shape index (κ3) is 2.22. The molecule has 2 N–H and O–H groups in total. The van der Waals surface area contributed by atoms with Crippen LogP contribution in [-0.4, -0.2) is 42.2 Å². The topological polar surface area (TPSA) is 58.8 Å².